The Morgan fingerprint density at radius 1 is 1.35 bits per heavy atom. The summed E-state index contributed by atoms with van der Waals surface area (Å²) in [4.78, 5) is 14.6. The zero-order valence-corrected chi connectivity index (χ0v) is 12.4. The maximum absolute atomic E-state index is 13.2. The van der Waals surface area contributed by atoms with Gasteiger partial charge in [0.2, 0.25) is 0 Å². The standard InChI is InChI=1S/C16H23FN2O/c1-11(2)19-8-6-14(7-9-19)18-16(20)13-4-5-15(17)12(3)10-13/h4-5,10-11,14H,6-9H2,1-3H3,(H,18,20). The Hall–Kier alpha value is -1.42. The van der Waals surface area contributed by atoms with Gasteiger partial charge in [0.15, 0.2) is 0 Å². The van der Waals surface area contributed by atoms with Crippen molar-refractivity contribution in [1.29, 1.82) is 0 Å². The molecular weight excluding hydrogens is 255 g/mol. The molecule has 3 nitrogen and oxygen atoms in total. The molecule has 1 aromatic carbocycles. The Kier molecular flexibility index (Phi) is 4.76. The van der Waals surface area contributed by atoms with Crippen LogP contribution >= 0.6 is 0 Å². The van der Waals surface area contributed by atoms with Gasteiger partial charge in [-0.15, -0.1) is 0 Å². The number of nitrogens with zero attached hydrogens (tertiary/aromatic N) is 1. The number of likely N-dealkylation sites (tertiary alicyclic amines) is 1. The summed E-state index contributed by atoms with van der Waals surface area (Å²) in [5, 5.41) is 3.05. The van der Waals surface area contributed by atoms with E-state index in [9.17, 15) is 9.18 Å². The second-order valence-corrected chi connectivity index (χ2v) is 5.84. The van der Waals surface area contributed by atoms with Crippen LogP contribution in [0.15, 0.2) is 18.2 Å². The average Bonchev–Trinajstić information content (AvgIpc) is 2.42. The third-order valence-electron chi connectivity index (χ3n) is 4.02. The van der Waals surface area contributed by atoms with Gasteiger partial charge in [-0.3, -0.25) is 4.79 Å². The first-order chi connectivity index (χ1) is 9.47. The summed E-state index contributed by atoms with van der Waals surface area (Å²) in [6, 6.07) is 5.29. The number of benzene rings is 1. The fourth-order valence-corrected chi connectivity index (χ4v) is 2.61. The van der Waals surface area contributed by atoms with E-state index in [4.69, 9.17) is 0 Å². The largest absolute Gasteiger partial charge is 0.349 e. The van der Waals surface area contributed by atoms with Crippen LogP contribution in [-0.4, -0.2) is 36.0 Å². The van der Waals surface area contributed by atoms with E-state index < -0.39 is 0 Å². The summed E-state index contributed by atoms with van der Waals surface area (Å²) in [6.07, 6.45) is 1.95. The van der Waals surface area contributed by atoms with E-state index in [-0.39, 0.29) is 17.8 Å². The number of aryl methyl sites for hydroxylation is 1. The number of amides is 1. The lowest BCUT2D eigenvalue weighted by molar-refractivity contribution is 0.0900. The topological polar surface area (TPSA) is 32.3 Å². The number of rotatable bonds is 3. The Morgan fingerprint density at radius 3 is 2.55 bits per heavy atom. The fourth-order valence-electron chi connectivity index (χ4n) is 2.61. The molecule has 1 fully saturated rings. The molecule has 0 unspecified atom stereocenters. The monoisotopic (exact) mass is 278 g/mol. The van der Waals surface area contributed by atoms with E-state index in [0.717, 1.165) is 25.9 Å². The van der Waals surface area contributed by atoms with E-state index in [1.165, 1.54) is 6.07 Å². The van der Waals surface area contributed by atoms with Crippen molar-refractivity contribution in [2.75, 3.05) is 13.1 Å². The molecule has 0 aliphatic carbocycles. The van der Waals surface area contributed by atoms with E-state index in [1.54, 1.807) is 19.1 Å². The Labute approximate surface area is 120 Å². The van der Waals surface area contributed by atoms with E-state index in [0.29, 0.717) is 17.2 Å². The molecule has 4 heteroatoms. The van der Waals surface area contributed by atoms with Gasteiger partial charge in [-0.2, -0.15) is 0 Å². The lowest BCUT2D eigenvalue weighted by Gasteiger charge is -2.34. The van der Waals surface area contributed by atoms with Crippen molar-refractivity contribution in [3.8, 4) is 0 Å². The number of hydrogen-bond acceptors (Lipinski definition) is 2. The molecule has 1 aromatic rings. The first kappa shape index (κ1) is 15.0. The van der Waals surface area contributed by atoms with Gasteiger partial charge < -0.3 is 10.2 Å². The van der Waals surface area contributed by atoms with Crippen LogP contribution in [0.3, 0.4) is 0 Å². The molecule has 2 rings (SSSR count). The Bertz CT molecular complexity index is 479. The molecule has 1 saturated heterocycles. The van der Waals surface area contributed by atoms with Gasteiger partial charge in [-0.1, -0.05) is 0 Å². The molecule has 1 N–H and O–H groups in total. The minimum absolute atomic E-state index is 0.101. The van der Waals surface area contributed by atoms with Crippen LogP contribution in [0, 0.1) is 12.7 Å². The third kappa shape index (κ3) is 3.57. The highest BCUT2D eigenvalue weighted by atomic mass is 19.1. The molecule has 0 bridgehead atoms. The lowest BCUT2D eigenvalue weighted by atomic mass is 10.0. The van der Waals surface area contributed by atoms with Gasteiger partial charge in [0, 0.05) is 30.7 Å². The summed E-state index contributed by atoms with van der Waals surface area (Å²) in [7, 11) is 0. The maximum atomic E-state index is 13.2. The molecule has 110 valence electrons. The predicted molar refractivity (Wildman–Crippen MR) is 78.3 cm³/mol. The van der Waals surface area contributed by atoms with Crippen LogP contribution in [0.2, 0.25) is 0 Å². The quantitative estimate of drug-likeness (QED) is 0.922. The Balaban J connectivity index is 1.91. The van der Waals surface area contributed by atoms with Crippen molar-refractivity contribution in [3.05, 3.63) is 35.1 Å². The minimum atomic E-state index is -0.271. The van der Waals surface area contributed by atoms with Crippen LogP contribution in [0.25, 0.3) is 0 Å². The number of carbonyl (C=O) groups excluding carboxylic acids is 1. The second-order valence-electron chi connectivity index (χ2n) is 5.84. The highest BCUT2D eigenvalue weighted by molar-refractivity contribution is 5.94. The summed E-state index contributed by atoms with van der Waals surface area (Å²) in [6.45, 7) is 8.10. The molecule has 1 amide bonds. The van der Waals surface area contributed by atoms with E-state index in [1.807, 2.05) is 0 Å². The number of hydrogen-bond donors (Lipinski definition) is 1. The molecular formula is C16H23FN2O. The van der Waals surface area contributed by atoms with Crippen molar-refractivity contribution in [2.45, 2.75) is 45.7 Å². The molecule has 1 aliphatic rings. The van der Waals surface area contributed by atoms with Crippen LogP contribution in [0.5, 0.6) is 0 Å². The summed E-state index contributed by atoms with van der Waals surface area (Å²) in [5.74, 6) is -0.372. The first-order valence-corrected chi connectivity index (χ1v) is 7.28. The van der Waals surface area contributed by atoms with Gasteiger partial charge in [0.1, 0.15) is 5.82 Å². The average molecular weight is 278 g/mol. The third-order valence-corrected chi connectivity index (χ3v) is 4.02. The summed E-state index contributed by atoms with van der Waals surface area (Å²) >= 11 is 0. The highest BCUT2D eigenvalue weighted by Gasteiger charge is 2.22. The number of nitrogens with one attached hydrogen (secondary N) is 1. The number of halogens is 1. The van der Waals surface area contributed by atoms with E-state index in [2.05, 4.69) is 24.1 Å². The van der Waals surface area contributed by atoms with Crippen molar-refractivity contribution in [2.24, 2.45) is 0 Å². The summed E-state index contributed by atoms with van der Waals surface area (Å²) in [5.41, 5.74) is 1.04. The SMILES string of the molecule is Cc1cc(C(=O)NC2CCN(C(C)C)CC2)ccc1F. The van der Waals surface area contributed by atoms with Crippen LogP contribution in [0.4, 0.5) is 4.39 Å². The van der Waals surface area contributed by atoms with Gasteiger partial charge in [0.25, 0.3) is 5.91 Å². The highest BCUT2D eigenvalue weighted by Crippen LogP contribution is 2.14. The van der Waals surface area contributed by atoms with Crippen LogP contribution in [0.1, 0.15) is 42.6 Å². The van der Waals surface area contributed by atoms with Crippen molar-refractivity contribution >= 4 is 5.91 Å². The van der Waals surface area contributed by atoms with Crippen molar-refractivity contribution in [1.82, 2.24) is 10.2 Å². The lowest BCUT2D eigenvalue weighted by Crippen LogP contribution is -2.46. The second kappa shape index (κ2) is 6.35. The van der Waals surface area contributed by atoms with E-state index >= 15 is 0 Å². The van der Waals surface area contributed by atoms with Crippen LogP contribution < -0.4 is 5.32 Å². The van der Waals surface area contributed by atoms with Gasteiger partial charge >= 0.3 is 0 Å². The molecule has 0 radical (unpaired) electrons. The zero-order valence-electron chi connectivity index (χ0n) is 12.4. The number of carbonyl (C=O) groups is 1. The van der Waals surface area contributed by atoms with Gasteiger partial charge in [-0.05, 0) is 57.4 Å². The van der Waals surface area contributed by atoms with Crippen molar-refractivity contribution in [3.63, 3.8) is 0 Å². The van der Waals surface area contributed by atoms with Gasteiger partial charge in [0.05, 0.1) is 0 Å². The molecule has 20 heavy (non-hydrogen) atoms. The molecule has 0 atom stereocenters. The normalized spacial score (nSPS) is 17.4. The predicted octanol–water partition coefficient (Wildman–Crippen LogP) is 2.74. The first-order valence-electron chi connectivity index (χ1n) is 7.28. The smallest absolute Gasteiger partial charge is 0.251 e. The van der Waals surface area contributed by atoms with Gasteiger partial charge in [-0.25, -0.2) is 4.39 Å². The number of piperidine rings is 1. The zero-order chi connectivity index (χ0) is 14.7. The molecule has 0 spiro atoms. The van der Waals surface area contributed by atoms with Crippen molar-refractivity contribution < 1.29 is 9.18 Å². The van der Waals surface area contributed by atoms with Crippen LogP contribution in [-0.2, 0) is 0 Å². The summed E-state index contributed by atoms with van der Waals surface area (Å²) < 4.78 is 13.2. The molecule has 1 aliphatic heterocycles. The molecule has 1 heterocycles. The minimum Gasteiger partial charge on any atom is -0.349 e. The maximum Gasteiger partial charge on any atom is 0.251 e. The molecule has 0 saturated carbocycles. The Morgan fingerprint density at radius 2 is 2.00 bits per heavy atom. The fraction of sp³-hybridized carbons (Fsp3) is 0.562. The molecule has 0 aromatic heterocycles.